The summed E-state index contributed by atoms with van der Waals surface area (Å²) in [5.41, 5.74) is 7.52. The maximum absolute atomic E-state index is 4.09. The number of allylic oxidation sites excluding steroid dienone is 4. The Balaban J connectivity index is -0.000000510. The molecule has 4 nitrogen and oxygen atoms in total. The first-order chi connectivity index (χ1) is 18.1. The van der Waals surface area contributed by atoms with Crippen LogP contribution in [0.15, 0.2) is 97.7 Å². The summed E-state index contributed by atoms with van der Waals surface area (Å²) in [6.45, 7) is 48.3. The van der Waals surface area contributed by atoms with Crippen LogP contribution in [0.25, 0.3) is 0 Å². The van der Waals surface area contributed by atoms with Gasteiger partial charge in [-0.3, -0.25) is 0 Å². The third-order valence-corrected chi connectivity index (χ3v) is 6.15. The molecule has 0 radical (unpaired) electrons. The van der Waals surface area contributed by atoms with E-state index in [4.69, 9.17) is 0 Å². The third kappa shape index (κ3) is 21.7. The molecule has 0 aromatic rings. The maximum atomic E-state index is 4.09. The van der Waals surface area contributed by atoms with E-state index in [0.717, 1.165) is 66.0 Å². The van der Waals surface area contributed by atoms with Crippen LogP contribution in [0.2, 0.25) is 0 Å². The highest BCUT2D eigenvalue weighted by molar-refractivity contribution is 5.16. The zero-order chi connectivity index (χ0) is 31.1. The lowest BCUT2D eigenvalue weighted by molar-refractivity contribution is 0.530. The summed E-state index contributed by atoms with van der Waals surface area (Å²) in [6, 6.07) is 1.32. The van der Waals surface area contributed by atoms with Crippen molar-refractivity contribution in [3.63, 3.8) is 0 Å². The third-order valence-electron chi connectivity index (χ3n) is 6.15. The van der Waals surface area contributed by atoms with Gasteiger partial charge in [0.15, 0.2) is 0 Å². The van der Waals surface area contributed by atoms with E-state index in [1.165, 1.54) is 5.57 Å². The van der Waals surface area contributed by atoms with Gasteiger partial charge in [0, 0.05) is 40.9 Å². The van der Waals surface area contributed by atoms with Gasteiger partial charge < -0.3 is 21.3 Å². The molecule has 0 aliphatic rings. The predicted octanol–water partition coefficient (Wildman–Crippen LogP) is 9.22. The molecule has 4 heteroatoms. The van der Waals surface area contributed by atoms with Crippen LogP contribution < -0.4 is 21.3 Å². The molecule has 224 valence electrons. The van der Waals surface area contributed by atoms with E-state index in [9.17, 15) is 0 Å². The van der Waals surface area contributed by atoms with Gasteiger partial charge in [-0.25, -0.2) is 0 Å². The van der Waals surface area contributed by atoms with Gasteiger partial charge in [0.1, 0.15) is 0 Å². The summed E-state index contributed by atoms with van der Waals surface area (Å²) in [4.78, 5) is 0. The largest absolute Gasteiger partial charge is 0.382 e. The highest BCUT2D eigenvalue weighted by atomic mass is 15.0. The van der Waals surface area contributed by atoms with E-state index >= 15 is 0 Å². The number of nitrogens with one attached hydrogen (secondary N) is 4. The minimum Gasteiger partial charge on any atom is -0.382 e. The van der Waals surface area contributed by atoms with Crippen molar-refractivity contribution in [2.24, 2.45) is 0 Å². The van der Waals surface area contributed by atoms with E-state index in [0.29, 0.717) is 18.1 Å². The standard InChI is InChI=1S/C14H26N2.C11H19N.C10H19N/c1-8-13(10(3)4)16-12(7)14(9-2)15-11(5)6;1-6-8-10(5)12-11(7-2)9(3)4;1-6-9(5)11-10(7-2)8(3)4/h13-16H,3,5,7-9H2,1-2,4,6H3;6,8,11-12H,3,5,7H2,1-2,4H3;10-11H,3,5-7H2,1-2,4H3. The Labute approximate surface area is 244 Å². The fourth-order valence-corrected chi connectivity index (χ4v) is 3.60. The Hall–Kier alpha value is -2.88. The average molecular weight is 541 g/mol. The normalized spacial score (nSPS) is 13.1. The second-order valence-corrected chi connectivity index (χ2v) is 10.2. The van der Waals surface area contributed by atoms with Gasteiger partial charge in [-0.05, 0) is 72.8 Å². The van der Waals surface area contributed by atoms with Crippen LogP contribution >= 0.6 is 0 Å². The molecular weight excluding hydrogens is 476 g/mol. The first-order valence-electron chi connectivity index (χ1n) is 14.5. The van der Waals surface area contributed by atoms with Crippen molar-refractivity contribution in [3.8, 4) is 0 Å². The van der Waals surface area contributed by atoms with Crippen molar-refractivity contribution in [1.82, 2.24) is 21.3 Å². The highest BCUT2D eigenvalue weighted by Gasteiger charge is 2.14. The molecule has 0 rings (SSSR count). The van der Waals surface area contributed by atoms with Gasteiger partial charge >= 0.3 is 0 Å². The molecule has 0 heterocycles. The number of rotatable bonds is 18. The Morgan fingerprint density at radius 3 is 1.26 bits per heavy atom. The van der Waals surface area contributed by atoms with Crippen LogP contribution in [0.5, 0.6) is 0 Å². The van der Waals surface area contributed by atoms with Crippen molar-refractivity contribution in [2.75, 3.05) is 0 Å². The van der Waals surface area contributed by atoms with Crippen molar-refractivity contribution in [1.29, 1.82) is 0 Å². The molecule has 0 fully saturated rings. The first kappa shape index (κ1) is 40.6. The minimum atomic E-state index is 0.242. The predicted molar refractivity (Wildman–Crippen MR) is 181 cm³/mol. The Kier molecular flexibility index (Phi) is 25.2. The smallest absolute Gasteiger partial charge is 0.0648 e. The Morgan fingerprint density at radius 2 is 0.949 bits per heavy atom. The molecule has 4 atom stereocenters. The second kappa shape index (κ2) is 24.2. The van der Waals surface area contributed by atoms with Crippen molar-refractivity contribution < 1.29 is 0 Å². The quantitative estimate of drug-likeness (QED) is 0.103. The van der Waals surface area contributed by atoms with E-state index in [-0.39, 0.29) is 6.04 Å². The second-order valence-electron chi connectivity index (χ2n) is 10.2. The lowest BCUT2D eigenvalue weighted by Gasteiger charge is -2.26. The zero-order valence-corrected chi connectivity index (χ0v) is 27.4. The van der Waals surface area contributed by atoms with Crippen molar-refractivity contribution in [2.45, 2.75) is 126 Å². The Morgan fingerprint density at radius 1 is 0.564 bits per heavy atom. The van der Waals surface area contributed by atoms with E-state index in [2.05, 4.69) is 102 Å². The molecule has 0 aromatic carbocycles. The number of hydrogen-bond acceptors (Lipinski definition) is 4. The van der Waals surface area contributed by atoms with Gasteiger partial charge in [0.05, 0.1) is 6.04 Å². The van der Waals surface area contributed by atoms with Gasteiger partial charge in [-0.15, -0.1) is 0 Å². The molecule has 0 bridgehead atoms. The summed E-state index contributed by atoms with van der Waals surface area (Å²) in [6.07, 6.45) is 9.07. The molecule has 0 aliphatic carbocycles. The molecule has 0 amide bonds. The van der Waals surface area contributed by atoms with E-state index in [1.54, 1.807) is 0 Å². The summed E-state index contributed by atoms with van der Waals surface area (Å²) in [5.74, 6) is 0. The maximum Gasteiger partial charge on any atom is 0.0648 e. The monoisotopic (exact) mass is 541 g/mol. The average Bonchev–Trinajstić information content (AvgIpc) is 2.87. The van der Waals surface area contributed by atoms with E-state index < -0.39 is 0 Å². The van der Waals surface area contributed by atoms with Crippen molar-refractivity contribution in [3.05, 3.63) is 97.7 Å². The van der Waals surface area contributed by atoms with Gasteiger partial charge in [0.25, 0.3) is 0 Å². The Bertz CT molecular complexity index is 815. The summed E-state index contributed by atoms with van der Waals surface area (Å²) in [5, 5.41) is 13.3. The fourth-order valence-electron chi connectivity index (χ4n) is 3.60. The topological polar surface area (TPSA) is 48.1 Å². The zero-order valence-electron chi connectivity index (χ0n) is 27.4. The molecule has 39 heavy (non-hydrogen) atoms. The fraction of sp³-hybridized carbons (Fsp3) is 0.543. The molecule has 0 aliphatic heterocycles. The van der Waals surface area contributed by atoms with Crippen LogP contribution in [0, 0.1) is 0 Å². The van der Waals surface area contributed by atoms with Gasteiger partial charge in [-0.1, -0.05) is 103 Å². The van der Waals surface area contributed by atoms with Crippen LogP contribution in [0.4, 0.5) is 0 Å². The SMILES string of the molecule is C=C(C)NC(CC)C(=C)NC(CC)C(=C)C.C=C(C=CC)NC(CC)C(=C)C.C=C(CC)NC(CC)C(=C)C. The van der Waals surface area contributed by atoms with Gasteiger partial charge in [0.2, 0.25) is 0 Å². The molecule has 0 spiro atoms. The molecular formula is C35H64N4. The lowest BCUT2D eigenvalue weighted by atomic mass is 10.1. The van der Waals surface area contributed by atoms with Crippen LogP contribution in [-0.2, 0) is 0 Å². The molecule has 4 unspecified atom stereocenters. The summed E-state index contributed by atoms with van der Waals surface area (Å²) < 4.78 is 0. The van der Waals surface area contributed by atoms with Crippen molar-refractivity contribution >= 4 is 0 Å². The molecule has 0 saturated heterocycles. The number of hydrogen-bond donors (Lipinski definition) is 4. The molecule has 4 N–H and O–H groups in total. The molecule has 0 aromatic heterocycles. The van der Waals surface area contributed by atoms with Crippen LogP contribution in [0.3, 0.4) is 0 Å². The summed E-state index contributed by atoms with van der Waals surface area (Å²) >= 11 is 0. The minimum absolute atomic E-state index is 0.242. The van der Waals surface area contributed by atoms with Gasteiger partial charge in [-0.2, -0.15) is 0 Å². The first-order valence-corrected chi connectivity index (χ1v) is 14.5. The summed E-state index contributed by atoms with van der Waals surface area (Å²) in [7, 11) is 0. The van der Waals surface area contributed by atoms with Crippen LogP contribution in [0.1, 0.15) is 101 Å². The van der Waals surface area contributed by atoms with Crippen LogP contribution in [-0.4, -0.2) is 24.2 Å². The highest BCUT2D eigenvalue weighted by Crippen LogP contribution is 2.10. The molecule has 0 saturated carbocycles. The lowest BCUT2D eigenvalue weighted by Crippen LogP contribution is -2.39. The van der Waals surface area contributed by atoms with E-state index in [1.807, 2.05) is 46.8 Å².